The molecule has 2 aromatic heterocycles. The molecule has 0 bridgehead atoms. The minimum absolute atomic E-state index is 0.0697. The highest BCUT2D eigenvalue weighted by Gasteiger charge is 2.37. The van der Waals surface area contributed by atoms with Crippen LogP contribution >= 0.6 is 0 Å². The van der Waals surface area contributed by atoms with Crippen LogP contribution in [0.25, 0.3) is 5.78 Å². The van der Waals surface area contributed by atoms with Gasteiger partial charge in [-0.05, 0) is 13.8 Å². The van der Waals surface area contributed by atoms with E-state index in [0.29, 0.717) is 31.2 Å². The number of hydrogen-bond acceptors (Lipinski definition) is 6. The lowest BCUT2D eigenvalue weighted by Crippen LogP contribution is -2.49. The van der Waals surface area contributed by atoms with E-state index < -0.39 is 12.0 Å². The van der Waals surface area contributed by atoms with Gasteiger partial charge in [-0.25, -0.2) is 4.98 Å². The summed E-state index contributed by atoms with van der Waals surface area (Å²) < 4.78 is 50.8. The van der Waals surface area contributed by atoms with E-state index in [2.05, 4.69) is 15.1 Å². The average Bonchev–Trinajstić information content (AvgIpc) is 2.90. The fraction of sp³-hybridized carbons (Fsp3) is 0.643. The first-order chi connectivity index (χ1) is 11.3. The number of rotatable bonds is 3. The first kappa shape index (κ1) is 16.9. The number of methoxy groups -OCH3 is 1. The van der Waals surface area contributed by atoms with Gasteiger partial charge < -0.3 is 14.4 Å². The molecule has 0 aliphatic carbocycles. The van der Waals surface area contributed by atoms with Crippen molar-refractivity contribution in [3.8, 4) is 0 Å². The number of nitrogens with zero attached hydrogens (tertiary/aromatic N) is 5. The van der Waals surface area contributed by atoms with Crippen molar-refractivity contribution in [2.24, 2.45) is 0 Å². The summed E-state index contributed by atoms with van der Waals surface area (Å²) in [5.41, 5.74) is 0.570. The predicted octanol–water partition coefficient (Wildman–Crippen LogP) is 1.69. The largest absolute Gasteiger partial charge is 0.453 e. The normalized spacial score (nSPS) is 22.3. The second kappa shape index (κ2) is 6.17. The lowest BCUT2D eigenvalue weighted by atomic mass is 10.2. The Hall–Kier alpha value is -1.94. The van der Waals surface area contributed by atoms with E-state index in [1.165, 1.54) is 0 Å². The van der Waals surface area contributed by atoms with Gasteiger partial charge in [-0.2, -0.15) is 22.7 Å². The molecule has 1 aliphatic heterocycles. The molecule has 3 rings (SSSR count). The van der Waals surface area contributed by atoms with Crippen LogP contribution in [0.15, 0.2) is 6.07 Å². The molecular formula is C14H18F3N5O2. The van der Waals surface area contributed by atoms with E-state index in [1.54, 1.807) is 20.1 Å². The molecule has 0 spiro atoms. The van der Waals surface area contributed by atoms with Crippen molar-refractivity contribution in [1.82, 2.24) is 19.6 Å². The Kier molecular flexibility index (Phi) is 4.35. The molecule has 24 heavy (non-hydrogen) atoms. The molecular weight excluding hydrogens is 327 g/mol. The van der Waals surface area contributed by atoms with Gasteiger partial charge in [-0.3, -0.25) is 0 Å². The molecule has 2 aromatic rings. The van der Waals surface area contributed by atoms with Gasteiger partial charge in [0, 0.05) is 32.0 Å². The van der Waals surface area contributed by atoms with Gasteiger partial charge in [0.2, 0.25) is 0 Å². The summed E-state index contributed by atoms with van der Waals surface area (Å²) in [5, 5.41) is 3.60. The van der Waals surface area contributed by atoms with Gasteiger partial charge in [0.1, 0.15) is 5.82 Å². The Morgan fingerprint density at radius 3 is 2.75 bits per heavy atom. The first-order valence-electron chi connectivity index (χ1n) is 7.49. The predicted molar refractivity (Wildman–Crippen MR) is 78.9 cm³/mol. The van der Waals surface area contributed by atoms with E-state index in [1.807, 2.05) is 11.8 Å². The number of morpholine rings is 1. The second-order valence-electron chi connectivity index (χ2n) is 5.83. The molecule has 2 atom stereocenters. The van der Waals surface area contributed by atoms with Crippen molar-refractivity contribution in [1.29, 1.82) is 0 Å². The van der Waals surface area contributed by atoms with Gasteiger partial charge in [0.25, 0.3) is 11.6 Å². The third-order valence-electron chi connectivity index (χ3n) is 3.68. The van der Waals surface area contributed by atoms with E-state index in [0.717, 1.165) is 4.52 Å². The number of halogens is 3. The first-order valence-corrected chi connectivity index (χ1v) is 7.49. The van der Waals surface area contributed by atoms with Crippen LogP contribution in [0, 0.1) is 6.92 Å². The summed E-state index contributed by atoms with van der Waals surface area (Å²) >= 11 is 0. The van der Waals surface area contributed by atoms with Gasteiger partial charge in [-0.15, -0.1) is 5.10 Å². The lowest BCUT2D eigenvalue weighted by molar-refractivity contribution is -0.144. The quantitative estimate of drug-likeness (QED) is 0.844. The Bertz CT molecular complexity index is 733. The molecule has 0 amide bonds. The molecule has 0 aromatic carbocycles. The van der Waals surface area contributed by atoms with Crippen molar-refractivity contribution in [3.05, 3.63) is 17.6 Å². The summed E-state index contributed by atoms with van der Waals surface area (Å²) in [4.78, 5) is 9.48. The number of fused-ring (bicyclic) bond motifs is 1. The zero-order valence-electron chi connectivity index (χ0n) is 13.5. The van der Waals surface area contributed by atoms with Gasteiger partial charge >= 0.3 is 6.18 Å². The fourth-order valence-corrected chi connectivity index (χ4v) is 2.82. The molecule has 3 heterocycles. The van der Waals surface area contributed by atoms with Crippen LogP contribution in [0.4, 0.5) is 19.0 Å². The van der Waals surface area contributed by atoms with E-state index in [9.17, 15) is 13.2 Å². The monoisotopic (exact) mass is 345 g/mol. The summed E-state index contributed by atoms with van der Waals surface area (Å²) in [6, 6.07) is 1.70. The van der Waals surface area contributed by atoms with Crippen LogP contribution in [-0.4, -0.2) is 58.6 Å². The number of alkyl halides is 3. The zero-order chi connectivity index (χ0) is 17.5. The Balaban J connectivity index is 2.03. The lowest BCUT2D eigenvalue weighted by Gasteiger charge is -2.37. The maximum atomic E-state index is 12.9. The maximum Gasteiger partial charge on any atom is 0.453 e. The Labute approximate surface area is 136 Å². The average molecular weight is 345 g/mol. The van der Waals surface area contributed by atoms with Crippen molar-refractivity contribution >= 4 is 11.6 Å². The zero-order valence-corrected chi connectivity index (χ0v) is 13.5. The highest BCUT2D eigenvalue weighted by molar-refractivity contribution is 5.48. The fourth-order valence-electron chi connectivity index (χ4n) is 2.82. The van der Waals surface area contributed by atoms with Gasteiger partial charge in [-0.1, -0.05) is 0 Å². The Morgan fingerprint density at radius 2 is 2.08 bits per heavy atom. The number of aromatic nitrogens is 4. The molecule has 1 saturated heterocycles. The van der Waals surface area contributed by atoms with Crippen LogP contribution in [0.2, 0.25) is 0 Å². The standard InChI is InChI=1S/C14H18F3N5O2/c1-8-4-11(21-5-9(2)24-10(6-21)7-23-3)22-13(18-8)19-12(20-22)14(15,16)17/h4,9-10H,5-7H2,1-3H3. The highest BCUT2D eigenvalue weighted by atomic mass is 19.4. The van der Waals surface area contributed by atoms with Crippen molar-refractivity contribution in [2.75, 3.05) is 31.7 Å². The van der Waals surface area contributed by atoms with Gasteiger partial charge in [0.05, 0.1) is 18.8 Å². The molecule has 7 nitrogen and oxygen atoms in total. The van der Waals surface area contributed by atoms with E-state index >= 15 is 0 Å². The van der Waals surface area contributed by atoms with E-state index in [-0.39, 0.29) is 18.0 Å². The van der Waals surface area contributed by atoms with Gasteiger partial charge in [0.15, 0.2) is 0 Å². The van der Waals surface area contributed by atoms with Crippen molar-refractivity contribution < 1.29 is 22.6 Å². The number of anilines is 1. The minimum Gasteiger partial charge on any atom is -0.382 e. The smallest absolute Gasteiger partial charge is 0.382 e. The molecule has 2 unspecified atom stereocenters. The molecule has 0 N–H and O–H groups in total. The van der Waals surface area contributed by atoms with Crippen LogP contribution in [0.3, 0.4) is 0 Å². The summed E-state index contributed by atoms with van der Waals surface area (Å²) in [5.74, 6) is -0.756. The van der Waals surface area contributed by atoms with E-state index in [4.69, 9.17) is 9.47 Å². The molecule has 132 valence electrons. The summed E-state index contributed by atoms with van der Waals surface area (Å²) in [6.07, 6.45) is -4.88. The second-order valence-corrected chi connectivity index (χ2v) is 5.83. The minimum atomic E-state index is -4.62. The van der Waals surface area contributed by atoms with Crippen LogP contribution in [0.1, 0.15) is 18.4 Å². The molecule has 1 fully saturated rings. The maximum absolute atomic E-state index is 12.9. The number of hydrogen-bond donors (Lipinski definition) is 0. The SMILES string of the molecule is COCC1CN(c2cc(C)nc3nc(C(F)(F)F)nn23)CC(C)O1. The van der Waals surface area contributed by atoms with Crippen LogP contribution < -0.4 is 4.90 Å². The molecule has 10 heteroatoms. The van der Waals surface area contributed by atoms with Crippen LogP contribution in [-0.2, 0) is 15.7 Å². The van der Waals surface area contributed by atoms with Crippen LogP contribution in [0.5, 0.6) is 0 Å². The third-order valence-corrected chi connectivity index (χ3v) is 3.68. The number of ether oxygens (including phenoxy) is 2. The third kappa shape index (κ3) is 3.29. The van der Waals surface area contributed by atoms with Crippen molar-refractivity contribution in [2.45, 2.75) is 32.2 Å². The summed E-state index contributed by atoms with van der Waals surface area (Å²) in [7, 11) is 1.58. The highest BCUT2D eigenvalue weighted by Crippen LogP contribution is 2.28. The molecule has 0 radical (unpaired) electrons. The molecule has 1 aliphatic rings. The summed E-state index contributed by atoms with van der Waals surface area (Å²) in [6.45, 7) is 5.03. The number of aryl methyl sites for hydroxylation is 1. The molecule has 0 saturated carbocycles. The topological polar surface area (TPSA) is 64.8 Å². The Morgan fingerprint density at radius 1 is 1.33 bits per heavy atom. The van der Waals surface area contributed by atoms with Crippen molar-refractivity contribution in [3.63, 3.8) is 0 Å².